The van der Waals surface area contributed by atoms with Crippen LogP contribution in [0.5, 0.6) is 5.75 Å². The average Bonchev–Trinajstić information content (AvgIpc) is 3.32. The van der Waals surface area contributed by atoms with Crippen molar-refractivity contribution in [3.05, 3.63) is 70.7 Å². The summed E-state index contributed by atoms with van der Waals surface area (Å²) in [5.41, 5.74) is 2.75. The number of nitrogens with zero attached hydrogens (tertiary/aromatic N) is 2. The lowest BCUT2D eigenvalue weighted by atomic mass is 10.1. The molecule has 1 aliphatic rings. The van der Waals surface area contributed by atoms with Crippen molar-refractivity contribution in [1.82, 2.24) is 9.29 Å². The minimum absolute atomic E-state index is 0.0401. The molecule has 2 heterocycles. The van der Waals surface area contributed by atoms with Crippen LogP contribution in [0.1, 0.15) is 17.1 Å². The summed E-state index contributed by atoms with van der Waals surface area (Å²) in [5, 5.41) is 11.7. The van der Waals surface area contributed by atoms with Crippen LogP contribution in [0.4, 0.5) is 0 Å². The zero-order valence-electron chi connectivity index (χ0n) is 16.0. The number of carbonyl (C=O) groups is 1. The summed E-state index contributed by atoms with van der Waals surface area (Å²) in [6.07, 6.45) is 0.0940. The monoisotopic (exact) mass is 444 g/mol. The summed E-state index contributed by atoms with van der Waals surface area (Å²) in [7, 11) is -3.57. The highest BCUT2D eigenvalue weighted by Gasteiger charge is 2.41. The minimum Gasteiger partial charge on any atom is -0.486 e. The molecule has 1 N–H and O–H groups in total. The van der Waals surface area contributed by atoms with E-state index in [1.807, 2.05) is 54.6 Å². The van der Waals surface area contributed by atoms with E-state index >= 15 is 0 Å². The second-order valence-corrected chi connectivity index (χ2v) is 9.90. The summed E-state index contributed by atoms with van der Waals surface area (Å²) in [5.74, 6) is -0.573. The molecule has 7 nitrogen and oxygen atoms in total. The van der Waals surface area contributed by atoms with Crippen LogP contribution >= 0.6 is 11.3 Å². The molecule has 0 amide bonds. The highest BCUT2D eigenvalue weighted by molar-refractivity contribution is 7.89. The average molecular weight is 445 g/mol. The van der Waals surface area contributed by atoms with E-state index in [-0.39, 0.29) is 25.3 Å². The van der Waals surface area contributed by atoms with Crippen molar-refractivity contribution >= 4 is 27.3 Å². The quantitative estimate of drug-likeness (QED) is 0.600. The minimum atomic E-state index is -3.57. The molecule has 0 bridgehead atoms. The summed E-state index contributed by atoms with van der Waals surface area (Å²) in [6, 6.07) is 16.8. The van der Waals surface area contributed by atoms with E-state index in [2.05, 4.69) is 4.98 Å². The van der Waals surface area contributed by atoms with Gasteiger partial charge in [0.25, 0.3) is 0 Å². The number of carboxylic acid groups (broad SMARTS) is 1. The predicted molar refractivity (Wildman–Crippen MR) is 114 cm³/mol. The number of aliphatic carboxylic acids is 1. The SMILES string of the molecule is O=C(O)C1CCS(=O)(=O)N1Cc1csc(COc2ccc(-c3ccccc3)cc2)n1. The van der Waals surface area contributed by atoms with Gasteiger partial charge in [-0.25, -0.2) is 13.4 Å². The fraction of sp³-hybridized carbons (Fsp3) is 0.238. The lowest BCUT2D eigenvalue weighted by Crippen LogP contribution is -2.38. The maximum absolute atomic E-state index is 12.1. The van der Waals surface area contributed by atoms with E-state index in [1.54, 1.807) is 5.38 Å². The van der Waals surface area contributed by atoms with Gasteiger partial charge in [0.1, 0.15) is 23.4 Å². The van der Waals surface area contributed by atoms with E-state index in [0.29, 0.717) is 16.5 Å². The van der Waals surface area contributed by atoms with Gasteiger partial charge in [-0.05, 0) is 29.7 Å². The molecule has 1 aromatic heterocycles. The maximum Gasteiger partial charge on any atom is 0.322 e. The van der Waals surface area contributed by atoms with Crippen molar-refractivity contribution < 1.29 is 23.1 Å². The first-order chi connectivity index (χ1) is 14.4. The van der Waals surface area contributed by atoms with E-state index < -0.39 is 22.0 Å². The molecule has 3 aromatic rings. The first kappa shape index (κ1) is 20.5. The molecule has 1 fully saturated rings. The molecule has 30 heavy (non-hydrogen) atoms. The van der Waals surface area contributed by atoms with Crippen LogP contribution in [0.3, 0.4) is 0 Å². The molecule has 0 saturated carbocycles. The van der Waals surface area contributed by atoms with Gasteiger partial charge in [-0.3, -0.25) is 4.79 Å². The molecule has 1 saturated heterocycles. The number of hydrogen-bond acceptors (Lipinski definition) is 6. The highest BCUT2D eigenvalue weighted by atomic mass is 32.2. The largest absolute Gasteiger partial charge is 0.486 e. The number of ether oxygens (including phenoxy) is 1. The second-order valence-electron chi connectivity index (χ2n) is 6.92. The Balaban J connectivity index is 1.37. The number of benzene rings is 2. The van der Waals surface area contributed by atoms with Crippen LogP contribution in [0.15, 0.2) is 60.0 Å². The van der Waals surface area contributed by atoms with Crippen LogP contribution in [0, 0.1) is 0 Å². The van der Waals surface area contributed by atoms with Crippen LogP contribution in [0.25, 0.3) is 11.1 Å². The van der Waals surface area contributed by atoms with Gasteiger partial charge in [0, 0.05) is 5.38 Å². The summed E-state index contributed by atoms with van der Waals surface area (Å²) in [6.45, 7) is 0.214. The van der Waals surface area contributed by atoms with Crippen LogP contribution in [-0.4, -0.2) is 40.6 Å². The van der Waals surface area contributed by atoms with Gasteiger partial charge in [0.05, 0.1) is 18.0 Å². The number of thiazole rings is 1. The normalized spacial score (nSPS) is 18.3. The third kappa shape index (κ3) is 4.53. The van der Waals surface area contributed by atoms with Crippen LogP contribution in [0.2, 0.25) is 0 Å². The zero-order chi connectivity index (χ0) is 21.1. The Morgan fingerprint density at radius 2 is 1.83 bits per heavy atom. The fourth-order valence-corrected chi connectivity index (χ4v) is 5.70. The number of sulfonamides is 1. The van der Waals surface area contributed by atoms with E-state index in [9.17, 15) is 18.3 Å². The van der Waals surface area contributed by atoms with Crippen molar-refractivity contribution in [3.63, 3.8) is 0 Å². The first-order valence-corrected chi connectivity index (χ1v) is 11.9. The molecule has 1 atom stereocenters. The van der Waals surface area contributed by atoms with Gasteiger partial charge in [-0.1, -0.05) is 42.5 Å². The smallest absolute Gasteiger partial charge is 0.322 e. The van der Waals surface area contributed by atoms with Crippen molar-refractivity contribution in [3.8, 4) is 16.9 Å². The molecular formula is C21H20N2O5S2. The summed E-state index contributed by atoms with van der Waals surface area (Å²) >= 11 is 1.36. The summed E-state index contributed by atoms with van der Waals surface area (Å²) in [4.78, 5) is 15.7. The lowest BCUT2D eigenvalue weighted by Gasteiger charge is -2.18. The molecule has 0 radical (unpaired) electrons. The molecule has 0 aliphatic carbocycles. The Hall–Kier alpha value is -2.75. The molecule has 156 valence electrons. The Labute approximate surface area is 178 Å². The van der Waals surface area contributed by atoms with Crippen molar-refractivity contribution in [1.29, 1.82) is 0 Å². The Morgan fingerprint density at radius 3 is 2.53 bits per heavy atom. The molecule has 1 aliphatic heterocycles. The molecular weight excluding hydrogens is 424 g/mol. The third-order valence-electron chi connectivity index (χ3n) is 4.88. The standard InChI is InChI=1S/C21H20N2O5S2/c24-21(25)19-10-11-30(26,27)23(19)12-17-14-29-20(22-17)13-28-18-8-6-16(7-9-18)15-4-2-1-3-5-15/h1-9,14,19H,10-13H2,(H,24,25). The first-order valence-electron chi connectivity index (χ1n) is 9.36. The number of hydrogen-bond donors (Lipinski definition) is 1. The number of aromatic nitrogens is 1. The molecule has 9 heteroatoms. The third-order valence-corrected chi connectivity index (χ3v) is 7.60. The lowest BCUT2D eigenvalue weighted by molar-refractivity contribution is -0.141. The van der Waals surface area contributed by atoms with Gasteiger partial charge in [0.2, 0.25) is 10.0 Å². The highest BCUT2D eigenvalue weighted by Crippen LogP contribution is 2.26. The number of rotatable bonds is 7. The molecule has 0 spiro atoms. The number of carboxylic acids is 1. The Morgan fingerprint density at radius 1 is 1.13 bits per heavy atom. The zero-order valence-corrected chi connectivity index (χ0v) is 17.6. The predicted octanol–water partition coefficient (Wildman–Crippen LogP) is 3.38. The van der Waals surface area contributed by atoms with E-state index in [1.165, 1.54) is 11.3 Å². The van der Waals surface area contributed by atoms with Gasteiger partial charge in [-0.15, -0.1) is 11.3 Å². The second kappa shape index (κ2) is 8.55. The Bertz CT molecular complexity index is 1130. The van der Waals surface area contributed by atoms with Gasteiger partial charge >= 0.3 is 5.97 Å². The van der Waals surface area contributed by atoms with Crippen LogP contribution < -0.4 is 4.74 Å². The van der Waals surface area contributed by atoms with Gasteiger partial charge in [-0.2, -0.15) is 4.31 Å². The van der Waals surface area contributed by atoms with Gasteiger partial charge in [0.15, 0.2) is 0 Å². The van der Waals surface area contributed by atoms with Gasteiger partial charge < -0.3 is 9.84 Å². The topological polar surface area (TPSA) is 96.8 Å². The summed E-state index contributed by atoms with van der Waals surface area (Å²) < 4.78 is 31.1. The van der Waals surface area contributed by atoms with Crippen molar-refractivity contribution in [2.24, 2.45) is 0 Å². The van der Waals surface area contributed by atoms with Crippen molar-refractivity contribution in [2.45, 2.75) is 25.6 Å². The fourth-order valence-electron chi connectivity index (χ4n) is 3.34. The molecule has 1 unspecified atom stereocenters. The molecule has 2 aromatic carbocycles. The van der Waals surface area contributed by atoms with E-state index in [4.69, 9.17) is 4.74 Å². The van der Waals surface area contributed by atoms with Crippen LogP contribution in [-0.2, 0) is 28.0 Å². The maximum atomic E-state index is 12.1. The van der Waals surface area contributed by atoms with E-state index in [0.717, 1.165) is 15.4 Å². The molecule has 4 rings (SSSR count). The van der Waals surface area contributed by atoms with Crippen molar-refractivity contribution in [2.75, 3.05) is 5.75 Å². The Kier molecular flexibility index (Phi) is 5.85.